The van der Waals surface area contributed by atoms with Crippen molar-refractivity contribution < 1.29 is 13.9 Å². The average molecular weight is 404 g/mol. The van der Waals surface area contributed by atoms with Gasteiger partial charge in [0.25, 0.3) is 0 Å². The lowest BCUT2D eigenvalue weighted by Crippen LogP contribution is -2.38. The fraction of sp³-hybridized carbons (Fsp3) is 0.346. The zero-order chi connectivity index (χ0) is 21.1. The predicted octanol–water partition coefficient (Wildman–Crippen LogP) is 6.16. The predicted molar refractivity (Wildman–Crippen MR) is 121 cm³/mol. The van der Waals surface area contributed by atoms with E-state index < -0.39 is 0 Å². The van der Waals surface area contributed by atoms with Crippen molar-refractivity contribution in [2.45, 2.75) is 33.6 Å². The van der Waals surface area contributed by atoms with Gasteiger partial charge in [0, 0.05) is 41.7 Å². The molecule has 3 aromatic rings. The van der Waals surface area contributed by atoms with E-state index in [9.17, 15) is 4.79 Å². The molecule has 4 rings (SSSR count). The van der Waals surface area contributed by atoms with E-state index in [4.69, 9.17) is 9.15 Å². The summed E-state index contributed by atoms with van der Waals surface area (Å²) in [5.41, 5.74) is 4.76. The molecule has 0 radical (unpaired) electrons. The van der Waals surface area contributed by atoms with Crippen molar-refractivity contribution >= 4 is 22.4 Å². The highest BCUT2D eigenvalue weighted by Crippen LogP contribution is 2.37. The quantitative estimate of drug-likeness (QED) is 0.479. The number of fused-ring (bicyclic) bond motifs is 1. The number of benzene rings is 2. The van der Waals surface area contributed by atoms with Gasteiger partial charge in [-0.3, -0.25) is 4.79 Å². The summed E-state index contributed by atoms with van der Waals surface area (Å²) in [7, 11) is 0. The third-order valence-electron chi connectivity index (χ3n) is 5.79. The first-order valence-electron chi connectivity index (χ1n) is 10.8. The Morgan fingerprint density at radius 2 is 2.07 bits per heavy atom. The Labute approximate surface area is 178 Å². The lowest BCUT2D eigenvalue weighted by Gasteiger charge is -2.30. The maximum absolute atomic E-state index is 12.9. The monoisotopic (exact) mass is 403 g/mol. The standard InChI is InChI=1S/C26H29NO3/c1-4-29-24-15-25-22(23(17-30-25)20-10-6-5-7-11-20)14-21(24)19(3)13-26(28)27-12-8-9-18(2)16-27/h5-7,10-11,13-15,17-18H,4,8-9,12,16H2,1-3H3/b19-13+. The number of allylic oxidation sites excluding steroid dienone is 1. The summed E-state index contributed by atoms with van der Waals surface area (Å²) >= 11 is 0. The van der Waals surface area contributed by atoms with Crippen molar-refractivity contribution in [3.63, 3.8) is 0 Å². The van der Waals surface area contributed by atoms with Crippen LogP contribution >= 0.6 is 0 Å². The average Bonchev–Trinajstić information content (AvgIpc) is 3.17. The van der Waals surface area contributed by atoms with Crippen molar-refractivity contribution in [3.8, 4) is 16.9 Å². The van der Waals surface area contributed by atoms with Gasteiger partial charge in [0.1, 0.15) is 11.3 Å². The van der Waals surface area contributed by atoms with Crippen molar-refractivity contribution in [3.05, 3.63) is 60.4 Å². The van der Waals surface area contributed by atoms with Gasteiger partial charge in [-0.1, -0.05) is 37.3 Å². The van der Waals surface area contributed by atoms with Gasteiger partial charge < -0.3 is 14.1 Å². The SMILES string of the molecule is CCOc1cc2occ(-c3ccccc3)c2cc1/C(C)=C/C(=O)N1CCCC(C)C1. The Morgan fingerprint density at radius 1 is 1.27 bits per heavy atom. The molecular weight excluding hydrogens is 374 g/mol. The Morgan fingerprint density at radius 3 is 2.80 bits per heavy atom. The second-order valence-electron chi connectivity index (χ2n) is 8.15. The molecule has 1 aliphatic heterocycles. The molecule has 2 aromatic carbocycles. The van der Waals surface area contributed by atoms with Crippen LogP contribution in [0.25, 0.3) is 27.7 Å². The summed E-state index contributed by atoms with van der Waals surface area (Å²) in [5, 5.41) is 1.02. The fourth-order valence-electron chi connectivity index (χ4n) is 4.22. The first-order valence-corrected chi connectivity index (χ1v) is 10.8. The number of ether oxygens (including phenoxy) is 1. The highest BCUT2D eigenvalue weighted by atomic mass is 16.5. The van der Waals surface area contributed by atoms with E-state index in [1.165, 1.54) is 6.42 Å². The molecule has 4 heteroatoms. The van der Waals surface area contributed by atoms with Crippen molar-refractivity contribution in [1.29, 1.82) is 0 Å². The van der Waals surface area contributed by atoms with Crippen LogP contribution in [-0.4, -0.2) is 30.5 Å². The molecule has 1 aromatic heterocycles. The van der Waals surface area contributed by atoms with Crippen LogP contribution in [0.1, 0.15) is 39.2 Å². The highest BCUT2D eigenvalue weighted by molar-refractivity contribution is 6.00. The lowest BCUT2D eigenvalue weighted by atomic mass is 9.98. The van der Waals surface area contributed by atoms with Gasteiger partial charge in [0.15, 0.2) is 0 Å². The summed E-state index contributed by atoms with van der Waals surface area (Å²) in [6.45, 7) is 8.38. The van der Waals surface area contributed by atoms with Crippen molar-refractivity contribution in [1.82, 2.24) is 4.90 Å². The van der Waals surface area contributed by atoms with Crippen LogP contribution in [0.3, 0.4) is 0 Å². The minimum Gasteiger partial charge on any atom is -0.493 e. The Bertz CT molecular complexity index is 1060. The molecule has 1 atom stereocenters. The van der Waals surface area contributed by atoms with Gasteiger partial charge in [0.05, 0.1) is 12.9 Å². The number of nitrogens with zero attached hydrogens (tertiary/aromatic N) is 1. The second-order valence-corrected chi connectivity index (χ2v) is 8.15. The minimum atomic E-state index is 0.0806. The summed E-state index contributed by atoms with van der Waals surface area (Å²) < 4.78 is 11.7. The van der Waals surface area contributed by atoms with Crippen LogP contribution in [0.5, 0.6) is 5.75 Å². The number of carbonyl (C=O) groups excluding carboxylic acids is 1. The number of hydrogen-bond acceptors (Lipinski definition) is 3. The largest absolute Gasteiger partial charge is 0.493 e. The van der Waals surface area contributed by atoms with E-state index >= 15 is 0 Å². The molecule has 0 N–H and O–H groups in total. The van der Waals surface area contributed by atoms with Crippen LogP contribution in [-0.2, 0) is 4.79 Å². The summed E-state index contributed by atoms with van der Waals surface area (Å²) in [4.78, 5) is 14.9. The molecule has 1 aliphatic rings. The Hall–Kier alpha value is -3.01. The third kappa shape index (κ3) is 4.13. The third-order valence-corrected chi connectivity index (χ3v) is 5.79. The highest BCUT2D eigenvalue weighted by Gasteiger charge is 2.21. The molecule has 0 spiro atoms. The number of piperidine rings is 1. The molecule has 0 aliphatic carbocycles. The first-order chi connectivity index (χ1) is 14.6. The molecule has 1 unspecified atom stereocenters. The Kier molecular flexibility index (Phi) is 5.93. The maximum atomic E-state index is 12.9. The molecule has 30 heavy (non-hydrogen) atoms. The number of furan rings is 1. The summed E-state index contributed by atoms with van der Waals surface area (Å²) in [6, 6.07) is 14.2. The summed E-state index contributed by atoms with van der Waals surface area (Å²) in [5.74, 6) is 1.38. The van der Waals surface area contributed by atoms with Crippen LogP contribution < -0.4 is 4.74 Å². The van der Waals surface area contributed by atoms with E-state index in [0.717, 1.165) is 58.5 Å². The zero-order valence-corrected chi connectivity index (χ0v) is 18.0. The molecule has 156 valence electrons. The minimum absolute atomic E-state index is 0.0806. The topological polar surface area (TPSA) is 42.7 Å². The van der Waals surface area contributed by atoms with Gasteiger partial charge in [-0.05, 0) is 49.8 Å². The fourth-order valence-corrected chi connectivity index (χ4v) is 4.22. The molecule has 2 heterocycles. The normalized spacial score (nSPS) is 17.4. The molecule has 4 nitrogen and oxygen atoms in total. The van der Waals surface area contributed by atoms with E-state index in [-0.39, 0.29) is 5.91 Å². The summed E-state index contributed by atoms with van der Waals surface area (Å²) in [6.07, 6.45) is 5.81. The number of hydrogen-bond donors (Lipinski definition) is 0. The lowest BCUT2D eigenvalue weighted by molar-refractivity contribution is -0.127. The number of likely N-dealkylation sites (tertiary alicyclic amines) is 1. The Balaban J connectivity index is 1.74. The number of carbonyl (C=O) groups is 1. The number of rotatable bonds is 5. The van der Waals surface area contributed by atoms with E-state index in [1.807, 2.05) is 43.0 Å². The van der Waals surface area contributed by atoms with Crippen molar-refractivity contribution in [2.24, 2.45) is 5.92 Å². The van der Waals surface area contributed by atoms with Crippen LogP contribution in [0, 0.1) is 5.92 Å². The van der Waals surface area contributed by atoms with Gasteiger partial charge in [-0.15, -0.1) is 0 Å². The van der Waals surface area contributed by atoms with E-state index in [0.29, 0.717) is 12.5 Å². The smallest absolute Gasteiger partial charge is 0.246 e. The van der Waals surface area contributed by atoms with Gasteiger partial charge in [-0.2, -0.15) is 0 Å². The van der Waals surface area contributed by atoms with Crippen molar-refractivity contribution in [2.75, 3.05) is 19.7 Å². The molecule has 0 bridgehead atoms. The van der Waals surface area contributed by atoms with Crippen LogP contribution in [0.4, 0.5) is 0 Å². The van der Waals surface area contributed by atoms with Gasteiger partial charge in [-0.25, -0.2) is 0 Å². The molecule has 1 amide bonds. The van der Waals surface area contributed by atoms with E-state index in [2.05, 4.69) is 25.1 Å². The van der Waals surface area contributed by atoms with Gasteiger partial charge >= 0.3 is 0 Å². The first kappa shape index (κ1) is 20.3. The van der Waals surface area contributed by atoms with Gasteiger partial charge in [0.2, 0.25) is 5.91 Å². The molecular formula is C26H29NO3. The second kappa shape index (κ2) is 8.78. The molecule has 1 fully saturated rings. The van der Waals surface area contributed by atoms with E-state index in [1.54, 1.807) is 12.3 Å². The van der Waals surface area contributed by atoms with Crippen LogP contribution in [0.2, 0.25) is 0 Å². The molecule has 0 saturated carbocycles. The van der Waals surface area contributed by atoms with Crippen LogP contribution in [0.15, 0.2) is 59.2 Å². The molecule has 1 saturated heterocycles. The maximum Gasteiger partial charge on any atom is 0.246 e. The number of amides is 1. The zero-order valence-electron chi connectivity index (χ0n) is 18.0.